The molecule has 0 bridgehead atoms. The minimum Gasteiger partial charge on any atom is -0.345 e. The standard InChI is InChI=1S/C18H13ClF2N8OS/c19-10-1-3-29-13(10)16(30)27(7-11(20)21)17(26-29)18(31)2-4-28(18)15-12-9(5-22)6-23-14(12)24-8-25-15/h1,3,6,8,11,31H,2,4,7H2,(H,23,24,25). The highest BCUT2D eigenvalue weighted by Gasteiger charge is 2.49. The van der Waals surface area contributed by atoms with Crippen molar-refractivity contribution >= 4 is 46.6 Å². The molecule has 5 rings (SSSR count). The number of halogens is 3. The summed E-state index contributed by atoms with van der Waals surface area (Å²) in [4.78, 5) is 24.9. The molecule has 31 heavy (non-hydrogen) atoms. The first-order valence-electron chi connectivity index (χ1n) is 9.13. The number of hydrogen-bond acceptors (Lipinski definition) is 7. The summed E-state index contributed by atoms with van der Waals surface area (Å²) in [5.74, 6) is 0.431. The van der Waals surface area contributed by atoms with Crippen LogP contribution in [0.4, 0.5) is 14.6 Å². The van der Waals surface area contributed by atoms with Gasteiger partial charge in [0.1, 0.15) is 34.2 Å². The van der Waals surface area contributed by atoms with Gasteiger partial charge in [-0.1, -0.05) is 11.6 Å². The van der Waals surface area contributed by atoms with Crippen molar-refractivity contribution in [3.63, 3.8) is 0 Å². The van der Waals surface area contributed by atoms with E-state index in [0.29, 0.717) is 35.4 Å². The van der Waals surface area contributed by atoms with Gasteiger partial charge in [-0.15, -0.1) is 12.6 Å². The zero-order valence-electron chi connectivity index (χ0n) is 15.6. The summed E-state index contributed by atoms with van der Waals surface area (Å²) in [5, 5.41) is 14.5. The number of thiol groups is 1. The molecule has 0 spiro atoms. The number of aromatic amines is 1. The van der Waals surface area contributed by atoms with E-state index in [1.54, 1.807) is 4.90 Å². The third kappa shape index (κ3) is 2.80. The van der Waals surface area contributed by atoms with Gasteiger partial charge in [-0.05, 0) is 6.07 Å². The minimum absolute atomic E-state index is 0.00991. The molecule has 4 aromatic rings. The molecule has 1 N–H and O–H groups in total. The molecule has 0 amide bonds. The zero-order valence-corrected chi connectivity index (χ0v) is 17.3. The Morgan fingerprint density at radius 1 is 1.42 bits per heavy atom. The highest BCUT2D eigenvalue weighted by molar-refractivity contribution is 7.81. The molecule has 1 saturated heterocycles. The van der Waals surface area contributed by atoms with Crippen LogP contribution in [0.3, 0.4) is 0 Å². The molecule has 13 heteroatoms. The Hall–Kier alpha value is -3.17. The van der Waals surface area contributed by atoms with E-state index in [2.05, 4.69) is 26.1 Å². The van der Waals surface area contributed by atoms with Gasteiger partial charge in [0.25, 0.3) is 12.0 Å². The SMILES string of the molecule is N#Cc1c[nH]c2ncnc(N3CCC3(S)c3nn4ccc(Cl)c4c(=O)n3CC(F)F)c12. The van der Waals surface area contributed by atoms with Crippen LogP contribution in [0.5, 0.6) is 0 Å². The number of nitrogens with zero attached hydrogens (tertiary/aromatic N) is 7. The molecule has 0 aliphatic carbocycles. The molecule has 1 unspecified atom stereocenters. The molecule has 1 aliphatic heterocycles. The van der Waals surface area contributed by atoms with Gasteiger partial charge in [0.2, 0.25) is 0 Å². The van der Waals surface area contributed by atoms with Crippen molar-refractivity contribution in [1.82, 2.24) is 29.1 Å². The summed E-state index contributed by atoms with van der Waals surface area (Å²) < 4.78 is 28.9. The molecule has 9 nitrogen and oxygen atoms in total. The van der Waals surface area contributed by atoms with E-state index >= 15 is 0 Å². The molecule has 0 aromatic carbocycles. The molecule has 1 aliphatic rings. The first-order chi connectivity index (χ1) is 14.8. The van der Waals surface area contributed by atoms with E-state index in [0.717, 1.165) is 4.57 Å². The van der Waals surface area contributed by atoms with Gasteiger partial charge in [-0.3, -0.25) is 9.36 Å². The first-order valence-corrected chi connectivity index (χ1v) is 9.96. The second-order valence-electron chi connectivity index (χ2n) is 7.04. The maximum atomic E-state index is 13.4. The number of alkyl halides is 2. The molecule has 158 valence electrons. The van der Waals surface area contributed by atoms with Crippen LogP contribution in [0.1, 0.15) is 17.8 Å². The second-order valence-corrected chi connectivity index (χ2v) is 8.19. The highest BCUT2D eigenvalue weighted by Crippen LogP contribution is 2.47. The van der Waals surface area contributed by atoms with Crippen molar-refractivity contribution in [1.29, 1.82) is 5.26 Å². The molecule has 5 heterocycles. The van der Waals surface area contributed by atoms with Crippen molar-refractivity contribution in [2.75, 3.05) is 11.4 Å². The average molecular weight is 463 g/mol. The quantitative estimate of drug-likeness (QED) is 0.451. The predicted octanol–water partition coefficient (Wildman–Crippen LogP) is 2.55. The van der Waals surface area contributed by atoms with E-state index < -0.39 is 23.4 Å². The van der Waals surface area contributed by atoms with Gasteiger partial charge >= 0.3 is 0 Å². The van der Waals surface area contributed by atoms with Gasteiger partial charge in [0, 0.05) is 25.4 Å². The van der Waals surface area contributed by atoms with Crippen molar-refractivity contribution < 1.29 is 8.78 Å². The summed E-state index contributed by atoms with van der Waals surface area (Å²) in [6.07, 6.45) is 1.95. The third-order valence-electron chi connectivity index (χ3n) is 5.36. The Bertz CT molecular complexity index is 1440. The van der Waals surface area contributed by atoms with Crippen molar-refractivity contribution in [2.24, 2.45) is 0 Å². The Labute approximate surface area is 183 Å². The second kappa shape index (κ2) is 6.93. The predicted molar refractivity (Wildman–Crippen MR) is 112 cm³/mol. The van der Waals surface area contributed by atoms with Gasteiger partial charge in [0.05, 0.1) is 22.5 Å². The number of anilines is 1. The highest BCUT2D eigenvalue weighted by atomic mass is 35.5. The Kier molecular flexibility index (Phi) is 4.42. The van der Waals surface area contributed by atoms with E-state index in [-0.39, 0.29) is 16.4 Å². The fraction of sp³-hybridized carbons (Fsp3) is 0.278. The fourth-order valence-corrected chi connectivity index (χ4v) is 4.54. The zero-order chi connectivity index (χ0) is 21.9. The third-order valence-corrected chi connectivity index (χ3v) is 6.33. The van der Waals surface area contributed by atoms with Crippen LogP contribution in [-0.4, -0.2) is 42.1 Å². The van der Waals surface area contributed by atoms with Crippen LogP contribution in [0.15, 0.2) is 29.6 Å². The Morgan fingerprint density at radius 2 is 2.23 bits per heavy atom. The molecule has 0 saturated carbocycles. The number of aromatic nitrogens is 6. The lowest BCUT2D eigenvalue weighted by atomic mass is 9.99. The monoisotopic (exact) mass is 462 g/mol. The minimum atomic E-state index is -2.79. The van der Waals surface area contributed by atoms with E-state index in [9.17, 15) is 18.8 Å². The van der Waals surface area contributed by atoms with E-state index in [1.807, 2.05) is 0 Å². The maximum absolute atomic E-state index is 13.4. The van der Waals surface area contributed by atoms with Gasteiger partial charge in [-0.2, -0.15) is 10.4 Å². The first kappa shape index (κ1) is 19.8. The van der Waals surface area contributed by atoms with E-state index in [4.69, 9.17) is 24.2 Å². The lowest BCUT2D eigenvalue weighted by molar-refractivity contribution is 0.121. The summed E-state index contributed by atoms with van der Waals surface area (Å²) >= 11 is 10.8. The number of fused-ring (bicyclic) bond motifs is 2. The lowest BCUT2D eigenvalue weighted by Crippen LogP contribution is -2.57. The van der Waals surface area contributed by atoms with Crippen LogP contribution in [0.2, 0.25) is 5.02 Å². The summed E-state index contributed by atoms with van der Waals surface area (Å²) in [6.45, 7) is -0.400. The van der Waals surface area contributed by atoms with Crippen LogP contribution in [0.25, 0.3) is 16.6 Å². The van der Waals surface area contributed by atoms with E-state index in [1.165, 1.54) is 29.3 Å². The Morgan fingerprint density at radius 3 is 2.90 bits per heavy atom. The number of nitriles is 1. The van der Waals surface area contributed by atoms with Crippen LogP contribution >= 0.6 is 24.2 Å². The summed E-state index contributed by atoms with van der Waals surface area (Å²) in [6, 6.07) is 3.55. The van der Waals surface area contributed by atoms with Gasteiger partial charge in [0.15, 0.2) is 5.82 Å². The number of H-pyrrole nitrogens is 1. The number of rotatable bonds is 4. The normalized spacial score (nSPS) is 18.6. The number of hydrogen-bond donors (Lipinski definition) is 2. The van der Waals surface area contributed by atoms with Crippen molar-refractivity contribution in [3.05, 3.63) is 51.6 Å². The smallest absolute Gasteiger partial charge is 0.279 e. The van der Waals surface area contributed by atoms with Crippen LogP contribution in [-0.2, 0) is 11.4 Å². The topological polar surface area (TPSA) is 108 Å². The largest absolute Gasteiger partial charge is 0.345 e. The van der Waals surface area contributed by atoms with Crippen molar-refractivity contribution in [2.45, 2.75) is 24.3 Å². The lowest BCUT2D eigenvalue weighted by Gasteiger charge is -2.50. The summed E-state index contributed by atoms with van der Waals surface area (Å²) in [5.41, 5.74) is 0.108. The maximum Gasteiger partial charge on any atom is 0.279 e. The molecular weight excluding hydrogens is 450 g/mol. The Balaban J connectivity index is 1.73. The molecule has 4 aromatic heterocycles. The van der Waals surface area contributed by atoms with Crippen LogP contribution in [0, 0.1) is 11.3 Å². The molecule has 1 fully saturated rings. The summed E-state index contributed by atoms with van der Waals surface area (Å²) in [7, 11) is 0. The number of nitrogens with one attached hydrogen (secondary N) is 1. The molecular formula is C18H13ClF2N8OS. The van der Waals surface area contributed by atoms with Gasteiger partial charge in [-0.25, -0.2) is 23.3 Å². The van der Waals surface area contributed by atoms with Crippen LogP contribution < -0.4 is 10.5 Å². The average Bonchev–Trinajstić information content (AvgIpc) is 3.32. The molecule has 0 radical (unpaired) electrons. The van der Waals surface area contributed by atoms with Crippen molar-refractivity contribution in [3.8, 4) is 6.07 Å². The molecule has 1 atom stereocenters. The fourth-order valence-electron chi connectivity index (χ4n) is 3.85. The van der Waals surface area contributed by atoms with Gasteiger partial charge < -0.3 is 9.88 Å².